The molecule has 0 spiro atoms. The number of likely N-dealkylation sites (tertiary alicyclic amines) is 1. The van der Waals surface area contributed by atoms with Crippen LogP contribution in [0.5, 0.6) is 0 Å². The van der Waals surface area contributed by atoms with Crippen molar-refractivity contribution in [3.05, 3.63) is 0 Å². The number of ether oxygens (including phenoxy) is 1. The van der Waals surface area contributed by atoms with E-state index in [4.69, 9.17) is 4.74 Å². The maximum absolute atomic E-state index is 12.4. The Morgan fingerprint density at radius 3 is 2.89 bits per heavy atom. The molecule has 5 nitrogen and oxygen atoms in total. The molecule has 0 bridgehead atoms. The van der Waals surface area contributed by atoms with Crippen molar-refractivity contribution in [3.8, 4) is 0 Å². The highest BCUT2D eigenvalue weighted by Crippen LogP contribution is 2.28. The molecule has 2 aliphatic heterocycles. The van der Waals surface area contributed by atoms with E-state index in [-0.39, 0.29) is 18.1 Å². The number of hydrogen-bond acceptors (Lipinski definition) is 4. The van der Waals surface area contributed by atoms with Gasteiger partial charge in [-0.2, -0.15) is 0 Å². The van der Waals surface area contributed by atoms with E-state index in [1.165, 1.54) is 12.8 Å². The molecule has 1 aliphatic carbocycles. The molecule has 2 saturated heterocycles. The monoisotopic (exact) mass is 268 g/mol. The molecule has 0 radical (unpaired) electrons. The predicted octanol–water partition coefficient (Wildman–Crippen LogP) is 0.269. The molecule has 3 aliphatic rings. The van der Waals surface area contributed by atoms with Crippen LogP contribution < -0.4 is 5.32 Å². The number of nitrogens with one attached hydrogen (secondary N) is 1. The lowest BCUT2D eigenvalue weighted by Crippen LogP contribution is -2.57. The van der Waals surface area contributed by atoms with Crippen LogP contribution in [0.3, 0.4) is 0 Å². The Kier molecular flexibility index (Phi) is 3.53. The number of nitrogens with zero attached hydrogens (tertiary/aromatic N) is 1. The average Bonchev–Trinajstić information content (AvgIpc) is 3.12. The van der Waals surface area contributed by atoms with Crippen molar-refractivity contribution in [2.24, 2.45) is 0 Å². The van der Waals surface area contributed by atoms with Crippen LogP contribution in [0.4, 0.5) is 0 Å². The molecule has 1 saturated carbocycles. The van der Waals surface area contributed by atoms with Gasteiger partial charge in [0.1, 0.15) is 5.60 Å². The Morgan fingerprint density at radius 2 is 2.26 bits per heavy atom. The summed E-state index contributed by atoms with van der Waals surface area (Å²) in [6.07, 6.45) is 4.77. The van der Waals surface area contributed by atoms with Crippen molar-refractivity contribution in [2.75, 3.05) is 19.7 Å². The van der Waals surface area contributed by atoms with Crippen LogP contribution in [0.15, 0.2) is 0 Å². The molecule has 0 aromatic carbocycles. The van der Waals surface area contributed by atoms with E-state index in [9.17, 15) is 9.90 Å². The fourth-order valence-electron chi connectivity index (χ4n) is 3.10. The summed E-state index contributed by atoms with van der Waals surface area (Å²) in [6, 6.07) is 0.508. The van der Waals surface area contributed by atoms with E-state index in [0.717, 1.165) is 19.4 Å². The summed E-state index contributed by atoms with van der Waals surface area (Å²) in [4.78, 5) is 14.3. The van der Waals surface area contributed by atoms with Gasteiger partial charge in [-0.05, 0) is 32.6 Å². The normalized spacial score (nSPS) is 39.9. The second-order valence-corrected chi connectivity index (χ2v) is 6.26. The molecular weight excluding hydrogens is 244 g/mol. The lowest BCUT2D eigenvalue weighted by Gasteiger charge is -2.38. The molecule has 2 heterocycles. The number of amides is 1. The molecule has 3 rings (SSSR count). The lowest BCUT2D eigenvalue weighted by atomic mass is 9.94. The Hall–Kier alpha value is -0.650. The Balaban J connectivity index is 1.61. The summed E-state index contributed by atoms with van der Waals surface area (Å²) < 4.78 is 5.44. The van der Waals surface area contributed by atoms with Crippen LogP contribution >= 0.6 is 0 Å². The van der Waals surface area contributed by atoms with Gasteiger partial charge in [-0.3, -0.25) is 4.79 Å². The van der Waals surface area contributed by atoms with Crippen molar-refractivity contribution >= 4 is 5.91 Å². The van der Waals surface area contributed by atoms with Gasteiger partial charge in [0, 0.05) is 25.6 Å². The fraction of sp³-hybridized carbons (Fsp3) is 0.929. The molecule has 3 fully saturated rings. The zero-order valence-corrected chi connectivity index (χ0v) is 11.6. The van der Waals surface area contributed by atoms with Gasteiger partial charge >= 0.3 is 0 Å². The molecule has 3 unspecified atom stereocenters. The van der Waals surface area contributed by atoms with Gasteiger partial charge in [0.15, 0.2) is 0 Å². The quantitative estimate of drug-likeness (QED) is 0.768. The first-order valence-corrected chi connectivity index (χ1v) is 7.47. The van der Waals surface area contributed by atoms with Crippen molar-refractivity contribution < 1.29 is 14.6 Å². The Morgan fingerprint density at radius 1 is 1.47 bits per heavy atom. The van der Waals surface area contributed by atoms with Crippen molar-refractivity contribution in [1.82, 2.24) is 10.2 Å². The van der Waals surface area contributed by atoms with Gasteiger partial charge in [-0.15, -0.1) is 0 Å². The van der Waals surface area contributed by atoms with Crippen molar-refractivity contribution in [1.29, 1.82) is 0 Å². The van der Waals surface area contributed by atoms with E-state index in [1.54, 1.807) is 0 Å². The maximum Gasteiger partial charge on any atom is 0.239 e. The topological polar surface area (TPSA) is 61.8 Å². The van der Waals surface area contributed by atoms with Crippen LogP contribution in [0.1, 0.15) is 39.0 Å². The number of piperidine rings is 1. The van der Waals surface area contributed by atoms with Gasteiger partial charge < -0.3 is 20.1 Å². The van der Waals surface area contributed by atoms with E-state index >= 15 is 0 Å². The molecule has 0 aromatic rings. The zero-order chi connectivity index (χ0) is 13.5. The van der Waals surface area contributed by atoms with Crippen LogP contribution in [0.2, 0.25) is 0 Å². The predicted molar refractivity (Wildman–Crippen MR) is 70.7 cm³/mol. The highest BCUT2D eigenvalue weighted by molar-refractivity contribution is 5.82. The Labute approximate surface area is 114 Å². The van der Waals surface area contributed by atoms with E-state index in [2.05, 4.69) is 5.32 Å². The molecule has 2 N–H and O–H groups in total. The van der Waals surface area contributed by atoms with Crippen LogP contribution in [0, 0.1) is 0 Å². The largest absolute Gasteiger partial charge is 0.385 e. The standard InChI is InChI=1S/C14H24N2O3/c1-10-14(18,6-8-19-10)9-16-7-2-3-12(13(16)17)15-11-4-5-11/h10-12,15,18H,2-9H2,1H3. The van der Waals surface area contributed by atoms with Gasteiger partial charge in [-0.1, -0.05) is 0 Å². The Bertz CT molecular complexity index is 359. The van der Waals surface area contributed by atoms with Gasteiger partial charge in [0.25, 0.3) is 0 Å². The van der Waals surface area contributed by atoms with E-state index in [0.29, 0.717) is 25.6 Å². The minimum atomic E-state index is -0.864. The number of rotatable bonds is 4. The second-order valence-electron chi connectivity index (χ2n) is 6.26. The van der Waals surface area contributed by atoms with Crippen LogP contribution in [0.25, 0.3) is 0 Å². The number of carbonyl (C=O) groups is 1. The maximum atomic E-state index is 12.4. The summed E-state index contributed by atoms with van der Waals surface area (Å²) in [7, 11) is 0. The lowest BCUT2D eigenvalue weighted by molar-refractivity contribution is -0.141. The highest BCUT2D eigenvalue weighted by Gasteiger charge is 2.43. The molecule has 3 atom stereocenters. The number of β-amino-alcohol motifs (C(OH)–C–C–N with tert-alkyl or cyclic N) is 1. The average molecular weight is 268 g/mol. The highest BCUT2D eigenvalue weighted by atomic mass is 16.5. The summed E-state index contributed by atoms with van der Waals surface area (Å²) in [5.74, 6) is 0.158. The van der Waals surface area contributed by atoms with Crippen LogP contribution in [-0.4, -0.2) is 59.4 Å². The second kappa shape index (κ2) is 5.04. The molecule has 1 amide bonds. The number of carbonyl (C=O) groups excluding carboxylic acids is 1. The van der Waals surface area contributed by atoms with Crippen molar-refractivity contribution in [3.63, 3.8) is 0 Å². The summed E-state index contributed by atoms with van der Waals surface area (Å²) in [6.45, 7) is 3.65. The first-order valence-electron chi connectivity index (χ1n) is 7.47. The first kappa shape index (κ1) is 13.3. The van der Waals surface area contributed by atoms with Gasteiger partial charge in [-0.25, -0.2) is 0 Å². The third-order valence-corrected chi connectivity index (χ3v) is 4.67. The summed E-state index contributed by atoms with van der Waals surface area (Å²) in [5.41, 5.74) is -0.864. The molecular formula is C14H24N2O3. The number of hydrogen-bond donors (Lipinski definition) is 2. The van der Waals surface area contributed by atoms with Crippen LogP contribution in [-0.2, 0) is 9.53 Å². The number of aliphatic hydroxyl groups is 1. The van der Waals surface area contributed by atoms with E-state index in [1.807, 2.05) is 11.8 Å². The summed E-state index contributed by atoms with van der Waals surface area (Å²) >= 11 is 0. The molecule has 5 heteroatoms. The first-order chi connectivity index (χ1) is 9.08. The smallest absolute Gasteiger partial charge is 0.239 e. The molecule has 19 heavy (non-hydrogen) atoms. The van der Waals surface area contributed by atoms with Gasteiger partial charge in [0.2, 0.25) is 5.91 Å². The molecule has 108 valence electrons. The molecule has 0 aromatic heterocycles. The van der Waals surface area contributed by atoms with Gasteiger partial charge in [0.05, 0.1) is 18.7 Å². The minimum Gasteiger partial charge on any atom is -0.385 e. The summed E-state index contributed by atoms with van der Waals surface area (Å²) in [5, 5.41) is 14.0. The van der Waals surface area contributed by atoms with Crippen molar-refractivity contribution in [2.45, 2.75) is 62.8 Å². The fourth-order valence-corrected chi connectivity index (χ4v) is 3.10. The third kappa shape index (κ3) is 2.78. The minimum absolute atomic E-state index is 0.0394. The van der Waals surface area contributed by atoms with E-state index < -0.39 is 5.60 Å². The SMILES string of the molecule is CC1OCCC1(O)CN1CCCC(NC2CC2)C1=O. The zero-order valence-electron chi connectivity index (χ0n) is 11.6. The third-order valence-electron chi connectivity index (χ3n) is 4.67.